The van der Waals surface area contributed by atoms with Gasteiger partial charge in [-0.15, -0.1) is 0 Å². The van der Waals surface area contributed by atoms with Crippen LogP contribution in [0.2, 0.25) is 0 Å². The predicted octanol–water partition coefficient (Wildman–Crippen LogP) is -10.6. The second-order valence-corrected chi connectivity index (χ2v) is 1.81. The van der Waals surface area contributed by atoms with Crippen LogP contribution in [0.3, 0.4) is 0 Å². The fraction of sp³-hybridized carbons (Fsp3) is 0.400. The van der Waals surface area contributed by atoms with Crippen molar-refractivity contribution < 1.29 is 148 Å². The number of carbonyl (C=O) groups excluding carboxylic acids is 1. The van der Waals surface area contributed by atoms with Gasteiger partial charge in [0.05, 0.1) is 5.97 Å². The molecule has 82 valence electrons. The zero-order valence-electron chi connectivity index (χ0n) is 8.48. The molecule has 0 rings (SSSR count). The maximum atomic E-state index is 9.74. The minimum Gasteiger partial charge on any atom is -0.565 e. The van der Waals surface area contributed by atoms with E-state index in [9.17, 15) is 14.7 Å². The van der Waals surface area contributed by atoms with Gasteiger partial charge in [0.15, 0.2) is 6.10 Å². The predicted molar refractivity (Wildman–Crippen MR) is 32.7 cm³/mol. The van der Waals surface area contributed by atoms with Crippen LogP contribution in [0.15, 0.2) is 0 Å². The van der Waals surface area contributed by atoms with E-state index >= 15 is 0 Å². The first-order chi connectivity index (χ1) is 6.20. The molecule has 0 aliphatic heterocycles. The van der Waals surface area contributed by atoms with Gasteiger partial charge in [0.2, 0.25) is 6.16 Å². The molecule has 2 unspecified atom stereocenters. The van der Waals surface area contributed by atoms with Crippen LogP contribution < -0.4 is 113 Å². The normalized spacial score (nSPS) is 11.4. The van der Waals surface area contributed by atoms with Crippen molar-refractivity contribution in [1.82, 2.24) is 0 Å². The third-order valence-electron chi connectivity index (χ3n) is 0.794. The van der Waals surface area contributed by atoms with E-state index in [4.69, 9.17) is 30.3 Å². The molecule has 0 saturated carbocycles. The Balaban J connectivity index is -0.000000105. The van der Waals surface area contributed by atoms with E-state index in [1.54, 1.807) is 0 Å². The molecule has 9 nitrogen and oxygen atoms in total. The Kier molecular flexibility index (Phi) is 23.6. The smallest absolute Gasteiger partial charge is 0.565 e. The summed E-state index contributed by atoms with van der Waals surface area (Å²) < 4.78 is 0. The summed E-state index contributed by atoms with van der Waals surface area (Å²) in [5.41, 5.74) is 0. The van der Waals surface area contributed by atoms with Crippen molar-refractivity contribution in [2.24, 2.45) is 0 Å². The van der Waals surface area contributed by atoms with Crippen molar-refractivity contribution in [3.8, 4) is 0 Å². The summed E-state index contributed by atoms with van der Waals surface area (Å²) >= 11 is 0. The number of carbonyl (C=O) groups is 3. The van der Waals surface area contributed by atoms with Crippen molar-refractivity contribution in [2.45, 2.75) is 12.2 Å². The van der Waals surface area contributed by atoms with E-state index in [0.717, 1.165) is 0 Å². The van der Waals surface area contributed by atoms with Crippen LogP contribution in [0, 0.1) is 0 Å². The molecule has 0 radical (unpaired) electrons. The summed E-state index contributed by atoms with van der Waals surface area (Å²) in [5.74, 6) is -3.83. The van der Waals surface area contributed by atoms with Gasteiger partial charge in [0.1, 0.15) is 6.10 Å². The maximum absolute atomic E-state index is 9.74. The monoisotopic (exact) mass is 288 g/mol. The van der Waals surface area contributed by atoms with Gasteiger partial charge in [0, 0.05) is 0 Å². The van der Waals surface area contributed by atoms with Crippen molar-refractivity contribution in [2.75, 3.05) is 0 Å². The SMILES string of the molecule is O=C([O-])C(O)C(O)C(=O)O.O=C([O-])O.[K+].[K+]. The van der Waals surface area contributed by atoms with E-state index in [0.29, 0.717) is 0 Å². The molecule has 0 aromatic rings. The van der Waals surface area contributed by atoms with Crippen LogP contribution in [0.25, 0.3) is 0 Å². The largest absolute Gasteiger partial charge is 1.00 e. The van der Waals surface area contributed by atoms with Crippen molar-refractivity contribution in [1.29, 1.82) is 0 Å². The zero-order chi connectivity index (χ0) is 11.9. The Morgan fingerprint density at radius 3 is 1.19 bits per heavy atom. The molecule has 0 aliphatic carbocycles. The second-order valence-electron chi connectivity index (χ2n) is 1.81. The number of hydrogen-bond donors (Lipinski definition) is 4. The van der Waals surface area contributed by atoms with Gasteiger partial charge in [0.25, 0.3) is 0 Å². The molecule has 0 spiro atoms. The van der Waals surface area contributed by atoms with Crippen LogP contribution in [0.4, 0.5) is 4.79 Å². The summed E-state index contributed by atoms with van der Waals surface area (Å²) in [6.45, 7) is 0. The van der Waals surface area contributed by atoms with Crippen LogP contribution >= 0.6 is 0 Å². The number of aliphatic hydroxyl groups excluding tert-OH is 2. The van der Waals surface area contributed by atoms with Crippen molar-refractivity contribution >= 4 is 18.1 Å². The fourth-order valence-electron chi connectivity index (χ4n) is 0.264. The molecule has 0 aromatic carbocycles. The number of aliphatic carboxylic acids is 2. The number of rotatable bonds is 3. The van der Waals surface area contributed by atoms with E-state index in [1.807, 2.05) is 0 Å². The van der Waals surface area contributed by atoms with Crippen LogP contribution in [0.1, 0.15) is 0 Å². The molecule has 0 fully saturated rings. The summed E-state index contributed by atoms with van der Waals surface area (Å²) in [4.78, 5) is 27.8. The van der Waals surface area contributed by atoms with Gasteiger partial charge in [-0.1, -0.05) is 0 Å². The van der Waals surface area contributed by atoms with E-state index in [2.05, 4.69) is 0 Å². The van der Waals surface area contributed by atoms with Crippen molar-refractivity contribution in [3.63, 3.8) is 0 Å². The molecular weight excluding hydrogens is 282 g/mol. The molecule has 0 bridgehead atoms. The molecular formula is C5H6K2O9. The third-order valence-corrected chi connectivity index (χ3v) is 0.794. The van der Waals surface area contributed by atoms with Gasteiger partial charge in [-0.05, 0) is 0 Å². The summed E-state index contributed by atoms with van der Waals surface area (Å²) in [6, 6.07) is 0. The van der Waals surface area contributed by atoms with E-state index < -0.39 is 30.3 Å². The second kappa shape index (κ2) is 14.5. The molecule has 4 N–H and O–H groups in total. The average molecular weight is 288 g/mol. The third kappa shape index (κ3) is 17.8. The summed E-state index contributed by atoms with van der Waals surface area (Å²) in [7, 11) is 0. The van der Waals surface area contributed by atoms with E-state index in [1.165, 1.54) is 0 Å². The van der Waals surface area contributed by atoms with Crippen LogP contribution in [-0.4, -0.2) is 50.7 Å². The Morgan fingerprint density at radius 1 is 0.875 bits per heavy atom. The first-order valence-corrected chi connectivity index (χ1v) is 2.89. The number of hydrogen-bond acceptors (Lipinski definition) is 7. The van der Waals surface area contributed by atoms with Gasteiger partial charge < -0.3 is 40.2 Å². The Labute approximate surface area is 174 Å². The average Bonchev–Trinajstić information content (AvgIpc) is 2.00. The Morgan fingerprint density at radius 2 is 1.12 bits per heavy atom. The fourth-order valence-corrected chi connectivity index (χ4v) is 0.264. The number of aliphatic hydroxyl groups is 2. The first kappa shape index (κ1) is 26.1. The molecule has 0 amide bonds. The van der Waals surface area contributed by atoms with Gasteiger partial charge in [-0.25, -0.2) is 4.79 Å². The van der Waals surface area contributed by atoms with Gasteiger partial charge in [-0.2, -0.15) is 0 Å². The first-order valence-electron chi connectivity index (χ1n) is 2.89. The molecule has 11 heteroatoms. The summed E-state index contributed by atoms with van der Waals surface area (Å²) in [5, 5.41) is 49.4. The summed E-state index contributed by atoms with van der Waals surface area (Å²) in [6.07, 6.45) is -6.79. The molecule has 0 aliphatic rings. The Bertz CT molecular complexity index is 208. The van der Waals surface area contributed by atoms with Crippen LogP contribution in [-0.2, 0) is 9.59 Å². The minimum absolute atomic E-state index is 0. The zero-order valence-corrected chi connectivity index (χ0v) is 14.7. The van der Waals surface area contributed by atoms with Crippen LogP contribution in [0.5, 0.6) is 0 Å². The molecule has 0 saturated heterocycles. The minimum atomic E-state index is -2.38. The Hall–Kier alpha value is 1.40. The maximum Gasteiger partial charge on any atom is 1.00 e. The van der Waals surface area contributed by atoms with Gasteiger partial charge >= 0.3 is 109 Å². The van der Waals surface area contributed by atoms with Crippen molar-refractivity contribution in [3.05, 3.63) is 0 Å². The molecule has 2 atom stereocenters. The molecule has 16 heavy (non-hydrogen) atoms. The molecule has 0 heterocycles. The van der Waals surface area contributed by atoms with Gasteiger partial charge in [-0.3, -0.25) is 0 Å². The number of carboxylic acid groups (broad SMARTS) is 4. The quantitative estimate of drug-likeness (QED) is 0.367. The topological polar surface area (TPSA) is 178 Å². The van der Waals surface area contributed by atoms with E-state index in [-0.39, 0.29) is 103 Å². The standard InChI is InChI=1S/C4H6O6.CH2O3.2K/c5-1(3(7)8)2(6)4(9)10;2-1(3)4;;/h1-2,5-6H,(H,7,8)(H,9,10);(H2,2,3,4);;/q;;2*+1/p-2. The molecule has 0 aromatic heterocycles. The number of carboxylic acids is 2.